The number of hydrogen-bond acceptors (Lipinski definition) is 3. The minimum atomic E-state index is -0.591. The third kappa shape index (κ3) is 4.87. The molecule has 1 aliphatic rings. The minimum Gasteiger partial charge on any atom is -0.444 e. The highest BCUT2D eigenvalue weighted by atomic mass is 16.6. The van der Waals surface area contributed by atoms with E-state index < -0.39 is 11.3 Å². The maximum atomic E-state index is 12.6. The van der Waals surface area contributed by atoms with Crippen LogP contribution < -0.4 is 0 Å². The summed E-state index contributed by atoms with van der Waals surface area (Å²) in [6, 6.07) is 0.120. The van der Waals surface area contributed by atoms with Gasteiger partial charge in [-0.3, -0.25) is 4.90 Å². The lowest BCUT2D eigenvalue weighted by Crippen LogP contribution is -2.51. The molecule has 1 rings (SSSR count). The number of carbonyl (C=O) groups is 1. The van der Waals surface area contributed by atoms with Crippen molar-refractivity contribution < 1.29 is 14.3 Å². The maximum Gasteiger partial charge on any atom is 0.412 e. The first-order chi connectivity index (χ1) is 9.62. The Bertz CT molecular complexity index is 340. The fraction of sp³-hybridized carbons (Fsp3) is 0.941. The first-order valence-electron chi connectivity index (χ1n) is 8.28. The van der Waals surface area contributed by atoms with Crippen molar-refractivity contribution in [2.75, 3.05) is 6.61 Å². The molecule has 0 aromatic carbocycles. The van der Waals surface area contributed by atoms with Crippen LogP contribution in [0.15, 0.2) is 0 Å². The zero-order valence-electron chi connectivity index (χ0n) is 14.9. The van der Waals surface area contributed by atoms with E-state index in [2.05, 4.69) is 13.8 Å². The first-order valence-corrected chi connectivity index (χ1v) is 8.28. The van der Waals surface area contributed by atoms with Crippen LogP contribution in [0.1, 0.15) is 74.1 Å². The Hall–Kier alpha value is -0.770. The van der Waals surface area contributed by atoms with Crippen molar-refractivity contribution in [2.24, 2.45) is 5.92 Å². The van der Waals surface area contributed by atoms with Crippen LogP contribution >= 0.6 is 0 Å². The average Bonchev–Trinajstić information content (AvgIpc) is 2.62. The van der Waals surface area contributed by atoms with Crippen molar-refractivity contribution in [3.63, 3.8) is 0 Å². The van der Waals surface area contributed by atoms with Crippen molar-refractivity contribution in [3.05, 3.63) is 0 Å². The molecule has 0 radical (unpaired) electrons. The zero-order valence-corrected chi connectivity index (χ0v) is 14.9. The Kier molecular flexibility index (Phi) is 6.09. The van der Waals surface area contributed by atoms with Crippen LogP contribution in [0.3, 0.4) is 0 Å². The normalized spacial score (nSPS) is 21.9. The van der Waals surface area contributed by atoms with Gasteiger partial charge in [-0.15, -0.1) is 0 Å². The maximum absolute atomic E-state index is 12.6. The van der Waals surface area contributed by atoms with Crippen LogP contribution in [-0.2, 0) is 9.47 Å². The predicted octanol–water partition coefficient (Wildman–Crippen LogP) is 4.57. The van der Waals surface area contributed by atoms with Gasteiger partial charge in [0.1, 0.15) is 11.3 Å². The monoisotopic (exact) mass is 299 g/mol. The van der Waals surface area contributed by atoms with Crippen molar-refractivity contribution in [1.82, 2.24) is 4.90 Å². The summed E-state index contributed by atoms with van der Waals surface area (Å²) in [5.41, 5.74) is -1.07. The molecule has 0 unspecified atom stereocenters. The Morgan fingerprint density at radius 1 is 1.29 bits per heavy atom. The molecular formula is C17H33NO3. The van der Waals surface area contributed by atoms with E-state index >= 15 is 0 Å². The molecule has 1 aliphatic heterocycles. The summed E-state index contributed by atoms with van der Waals surface area (Å²) in [7, 11) is 0. The molecule has 21 heavy (non-hydrogen) atoms. The van der Waals surface area contributed by atoms with Crippen LogP contribution in [0, 0.1) is 5.92 Å². The molecule has 1 amide bonds. The molecule has 0 N–H and O–H groups in total. The molecule has 1 saturated heterocycles. The fourth-order valence-corrected chi connectivity index (χ4v) is 3.12. The average molecular weight is 299 g/mol. The van der Waals surface area contributed by atoms with Gasteiger partial charge in [-0.1, -0.05) is 26.7 Å². The molecule has 1 heterocycles. The highest BCUT2D eigenvalue weighted by Crippen LogP contribution is 2.35. The van der Waals surface area contributed by atoms with Crippen LogP contribution in [0.25, 0.3) is 0 Å². The molecule has 0 saturated carbocycles. The Morgan fingerprint density at radius 2 is 1.81 bits per heavy atom. The molecule has 0 aliphatic carbocycles. The number of nitrogens with zero attached hydrogens (tertiary/aromatic N) is 1. The number of rotatable bonds is 5. The van der Waals surface area contributed by atoms with Crippen molar-refractivity contribution in [3.8, 4) is 0 Å². The van der Waals surface area contributed by atoms with Gasteiger partial charge in [-0.25, -0.2) is 4.79 Å². The summed E-state index contributed by atoms with van der Waals surface area (Å²) in [6.45, 7) is 14.6. The lowest BCUT2D eigenvalue weighted by Gasteiger charge is -2.37. The summed E-state index contributed by atoms with van der Waals surface area (Å²) < 4.78 is 11.5. The summed E-state index contributed by atoms with van der Waals surface area (Å²) in [4.78, 5) is 14.5. The highest BCUT2D eigenvalue weighted by molar-refractivity contribution is 5.69. The highest BCUT2D eigenvalue weighted by Gasteiger charge is 2.47. The Morgan fingerprint density at radius 3 is 2.24 bits per heavy atom. The molecule has 124 valence electrons. The van der Waals surface area contributed by atoms with E-state index in [9.17, 15) is 4.79 Å². The summed E-state index contributed by atoms with van der Waals surface area (Å²) >= 11 is 0. The lowest BCUT2D eigenvalue weighted by molar-refractivity contribution is -0.0647. The van der Waals surface area contributed by atoms with Crippen LogP contribution in [0.4, 0.5) is 4.79 Å². The van der Waals surface area contributed by atoms with Crippen LogP contribution in [-0.4, -0.2) is 35.0 Å². The molecule has 0 aromatic heterocycles. The quantitative estimate of drug-likeness (QED) is 0.746. The number of ether oxygens (including phenoxy) is 2. The molecule has 0 bridgehead atoms. The van der Waals surface area contributed by atoms with Gasteiger partial charge in [0.05, 0.1) is 12.6 Å². The molecule has 4 nitrogen and oxygen atoms in total. The van der Waals surface area contributed by atoms with Crippen LogP contribution in [0.5, 0.6) is 0 Å². The van der Waals surface area contributed by atoms with E-state index in [0.717, 1.165) is 25.7 Å². The molecule has 0 aromatic rings. The number of amides is 1. The topological polar surface area (TPSA) is 38.8 Å². The fourth-order valence-electron chi connectivity index (χ4n) is 3.12. The third-order valence-corrected chi connectivity index (χ3v) is 3.97. The Balaban J connectivity index is 2.94. The van der Waals surface area contributed by atoms with Crippen molar-refractivity contribution in [1.29, 1.82) is 0 Å². The third-order valence-electron chi connectivity index (χ3n) is 3.97. The van der Waals surface area contributed by atoms with Gasteiger partial charge in [0.25, 0.3) is 0 Å². The first kappa shape index (κ1) is 18.3. The molecular weight excluding hydrogens is 266 g/mol. The van der Waals surface area contributed by atoms with Gasteiger partial charge in [0.15, 0.2) is 0 Å². The van der Waals surface area contributed by atoms with E-state index in [4.69, 9.17) is 9.47 Å². The Labute approximate surface area is 130 Å². The molecule has 1 fully saturated rings. The van der Waals surface area contributed by atoms with Crippen molar-refractivity contribution >= 4 is 6.09 Å². The smallest absolute Gasteiger partial charge is 0.412 e. The van der Waals surface area contributed by atoms with E-state index in [-0.39, 0.29) is 12.1 Å². The zero-order chi connectivity index (χ0) is 16.3. The van der Waals surface area contributed by atoms with Crippen molar-refractivity contribution in [2.45, 2.75) is 91.5 Å². The second-order valence-electron chi connectivity index (χ2n) is 7.51. The minimum absolute atomic E-state index is 0.120. The van der Waals surface area contributed by atoms with Gasteiger partial charge >= 0.3 is 6.09 Å². The molecule has 4 heteroatoms. The van der Waals surface area contributed by atoms with Gasteiger partial charge in [-0.2, -0.15) is 0 Å². The van der Waals surface area contributed by atoms with Crippen LogP contribution in [0.2, 0.25) is 0 Å². The standard InChI is InChI=1S/C17H33NO3/c1-8-10-13(11-9-2)14-12-20-17(6,7)18(14)15(19)21-16(3,4)5/h13-14H,8-12H2,1-7H3/t14-/m1/s1. The molecule has 0 spiro atoms. The summed E-state index contributed by atoms with van der Waals surface area (Å²) in [6.07, 6.45) is 4.24. The van der Waals surface area contributed by atoms with Gasteiger partial charge < -0.3 is 9.47 Å². The molecule has 1 atom stereocenters. The largest absolute Gasteiger partial charge is 0.444 e. The van der Waals surface area contributed by atoms with Gasteiger partial charge in [-0.05, 0) is 53.4 Å². The second kappa shape index (κ2) is 6.99. The van der Waals surface area contributed by atoms with Gasteiger partial charge in [0.2, 0.25) is 0 Å². The second-order valence-corrected chi connectivity index (χ2v) is 7.51. The summed E-state index contributed by atoms with van der Waals surface area (Å²) in [5, 5.41) is 0. The predicted molar refractivity (Wildman–Crippen MR) is 85.2 cm³/mol. The number of hydrogen-bond donors (Lipinski definition) is 0. The number of carbonyl (C=O) groups excluding carboxylic acids is 1. The van der Waals surface area contributed by atoms with E-state index in [0.29, 0.717) is 12.5 Å². The van der Waals surface area contributed by atoms with E-state index in [1.54, 1.807) is 0 Å². The SMILES string of the molecule is CCCC(CCC)[C@H]1COC(C)(C)N1C(=O)OC(C)(C)C. The summed E-state index contributed by atoms with van der Waals surface area (Å²) in [5.74, 6) is 0.481. The van der Waals surface area contributed by atoms with E-state index in [1.807, 2.05) is 39.5 Å². The lowest BCUT2D eigenvalue weighted by atomic mass is 9.90. The van der Waals surface area contributed by atoms with Gasteiger partial charge in [0, 0.05) is 0 Å². The van der Waals surface area contributed by atoms with E-state index in [1.165, 1.54) is 0 Å².